The second kappa shape index (κ2) is 5.82. The third kappa shape index (κ3) is 6.87. The Morgan fingerprint density at radius 1 is 1.27 bits per heavy atom. The van der Waals surface area contributed by atoms with Crippen molar-refractivity contribution in [2.24, 2.45) is 5.41 Å². The number of hydrogen-bond acceptors (Lipinski definition) is 3. The summed E-state index contributed by atoms with van der Waals surface area (Å²) in [7, 11) is -3.20. The highest BCUT2D eigenvalue weighted by molar-refractivity contribution is 7.89. The average Bonchev–Trinajstić information content (AvgIpc) is 2.01. The maximum Gasteiger partial charge on any atom is 0.211 e. The van der Waals surface area contributed by atoms with Crippen LogP contribution in [0.2, 0.25) is 0 Å². The molecule has 0 aliphatic heterocycles. The van der Waals surface area contributed by atoms with Crippen LogP contribution in [0, 0.1) is 5.41 Å². The standard InChI is InChI=1S/C10H23NO3S/c1-9(10(2,3)4)11-15(13,14)8-6-5-7-12/h9,11-12H,5-8H2,1-4H3. The van der Waals surface area contributed by atoms with Crippen molar-refractivity contribution in [1.82, 2.24) is 4.72 Å². The number of unbranched alkanes of at least 4 members (excludes halogenated alkanes) is 1. The zero-order chi connectivity index (χ0) is 12.1. The summed E-state index contributed by atoms with van der Waals surface area (Å²) in [4.78, 5) is 0. The van der Waals surface area contributed by atoms with Gasteiger partial charge in [-0.25, -0.2) is 13.1 Å². The van der Waals surface area contributed by atoms with Crippen LogP contribution < -0.4 is 4.72 Å². The molecule has 0 amide bonds. The Kier molecular flexibility index (Phi) is 5.77. The first-order valence-corrected chi connectivity index (χ1v) is 6.95. The molecule has 0 heterocycles. The summed E-state index contributed by atoms with van der Waals surface area (Å²) in [6.45, 7) is 7.89. The van der Waals surface area contributed by atoms with Crippen LogP contribution in [0.25, 0.3) is 0 Å². The largest absolute Gasteiger partial charge is 0.396 e. The van der Waals surface area contributed by atoms with E-state index in [1.807, 2.05) is 27.7 Å². The molecule has 92 valence electrons. The molecule has 1 atom stereocenters. The second-order valence-corrected chi connectivity index (χ2v) is 6.83. The minimum atomic E-state index is -3.20. The van der Waals surface area contributed by atoms with Gasteiger partial charge >= 0.3 is 0 Å². The van der Waals surface area contributed by atoms with Crippen LogP contribution in [0.1, 0.15) is 40.5 Å². The summed E-state index contributed by atoms with van der Waals surface area (Å²) in [5.74, 6) is 0.0913. The van der Waals surface area contributed by atoms with Gasteiger partial charge < -0.3 is 5.11 Å². The van der Waals surface area contributed by atoms with E-state index in [1.165, 1.54) is 0 Å². The topological polar surface area (TPSA) is 66.4 Å². The van der Waals surface area contributed by atoms with Crippen molar-refractivity contribution in [3.05, 3.63) is 0 Å². The highest BCUT2D eigenvalue weighted by atomic mass is 32.2. The molecule has 4 nitrogen and oxygen atoms in total. The fraction of sp³-hybridized carbons (Fsp3) is 1.00. The van der Waals surface area contributed by atoms with E-state index in [-0.39, 0.29) is 23.8 Å². The maximum atomic E-state index is 11.6. The summed E-state index contributed by atoms with van der Waals surface area (Å²) in [6.07, 6.45) is 1.04. The molecule has 0 aromatic heterocycles. The first-order valence-electron chi connectivity index (χ1n) is 5.30. The highest BCUT2D eigenvalue weighted by Gasteiger charge is 2.24. The molecule has 15 heavy (non-hydrogen) atoms. The molecule has 0 saturated heterocycles. The van der Waals surface area contributed by atoms with Gasteiger partial charge in [0.15, 0.2) is 0 Å². The lowest BCUT2D eigenvalue weighted by molar-refractivity contribution is 0.286. The van der Waals surface area contributed by atoms with E-state index >= 15 is 0 Å². The molecule has 0 spiro atoms. The summed E-state index contributed by atoms with van der Waals surface area (Å²) >= 11 is 0. The molecule has 0 saturated carbocycles. The van der Waals surface area contributed by atoms with Crippen molar-refractivity contribution in [2.45, 2.75) is 46.6 Å². The molecule has 0 aliphatic carbocycles. The molecule has 0 fully saturated rings. The zero-order valence-electron chi connectivity index (χ0n) is 10.1. The lowest BCUT2D eigenvalue weighted by Gasteiger charge is -2.27. The van der Waals surface area contributed by atoms with Crippen LogP contribution in [-0.4, -0.2) is 31.9 Å². The smallest absolute Gasteiger partial charge is 0.211 e. The van der Waals surface area contributed by atoms with E-state index in [1.54, 1.807) is 0 Å². The van der Waals surface area contributed by atoms with E-state index in [4.69, 9.17) is 5.11 Å². The maximum absolute atomic E-state index is 11.6. The molecule has 0 rings (SSSR count). The van der Waals surface area contributed by atoms with Gasteiger partial charge in [-0.2, -0.15) is 0 Å². The molecule has 0 radical (unpaired) electrons. The van der Waals surface area contributed by atoms with Gasteiger partial charge in [-0.05, 0) is 25.2 Å². The first-order chi connectivity index (χ1) is 6.69. The lowest BCUT2D eigenvalue weighted by atomic mass is 9.89. The van der Waals surface area contributed by atoms with Crippen LogP contribution in [0.4, 0.5) is 0 Å². The Labute approximate surface area is 93.1 Å². The van der Waals surface area contributed by atoms with Gasteiger partial charge in [-0.1, -0.05) is 20.8 Å². The van der Waals surface area contributed by atoms with Crippen molar-refractivity contribution >= 4 is 10.0 Å². The Morgan fingerprint density at radius 2 is 1.80 bits per heavy atom. The summed E-state index contributed by atoms with van der Waals surface area (Å²) in [6, 6.07) is -0.0865. The van der Waals surface area contributed by atoms with Crippen LogP contribution in [0.15, 0.2) is 0 Å². The predicted octanol–water partition coefficient (Wildman–Crippen LogP) is 1.11. The van der Waals surface area contributed by atoms with Crippen molar-refractivity contribution in [3.63, 3.8) is 0 Å². The molecule has 1 unspecified atom stereocenters. The minimum Gasteiger partial charge on any atom is -0.396 e. The van der Waals surface area contributed by atoms with Gasteiger partial charge in [0.1, 0.15) is 0 Å². The number of sulfonamides is 1. The molecule has 5 heteroatoms. The van der Waals surface area contributed by atoms with E-state index in [2.05, 4.69) is 4.72 Å². The van der Waals surface area contributed by atoms with Gasteiger partial charge in [0.2, 0.25) is 10.0 Å². The Balaban J connectivity index is 4.15. The molecule has 0 aliphatic rings. The minimum absolute atomic E-state index is 0.0460. The molecule has 0 aromatic rings. The number of rotatable bonds is 6. The van der Waals surface area contributed by atoms with E-state index in [0.717, 1.165) is 0 Å². The van der Waals surface area contributed by atoms with Crippen molar-refractivity contribution in [3.8, 4) is 0 Å². The summed E-state index contributed by atoms with van der Waals surface area (Å²) < 4.78 is 25.8. The molecular formula is C10H23NO3S. The molecule has 0 aromatic carbocycles. The first kappa shape index (κ1) is 14.9. The average molecular weight is 237 g/mol. The van der Waals surface area contributed by atoms with Crippen LogP contribution in [0.3, 0.4) is 0 Å². The van der Waals surface area contributed by atoms with Crippen LogP contribution >= 0.6 is 0 Å². The van der Waals surface area contributed by atoms with Gasteiger partial charge in [0, 0.05) is 12.6 Å². The van der Waals surface area contributed by atoms with Gasteiger partial charge in [0.05, 0.1) is 5.75 Å². The Morgan fingerprint density at radius 3 is 2.20 bits per heavy atom. The SMILES string of the molecule is CC(NS(=O)(=O)CCCCO)C(C)(C)C. The Bertz CT molecular complexity index is 267. The van der Waals surface area contributed by atoms with E-state index in [9.17, 15) is 8.42 Å². The molecule has 0 bridgehead atoms. The number of aliphatic hydroxyl groups is 1. The summed E-state index contributed by atoms with van der Waals surface area (Å²) in [5.41, 5.74) is -0.0793. The van der Waals surface area contributed by atoms with Gasteiger partial charge in [-0.15, -0.1) is 0 Å². The number of hydrogen-bond donors (Lipinski definition) is 2. The van der Waals surface area contributed by atoms with Crippen LogP contribution in [0.5, 0.6) is 0 Å². The van der Waals surface area contributed by atoms with E-state index < -0.39 is 10.0 Å². The molecule has 2 N–H and O–H groups in total. The van der Waals surface area contributed by atoms with Gasteiger partial charge in [-0.3, -0.25) is 0 Å². The second-order valence-electron chi connectivity index (χ2n) is 4.96. The number of nitrogens with one attached hydrogen (secondary N) is 1. The third-order valence-electron chi connectivity index (χ3n) is 2.48. The molecular weight excluding hydrogens is 214 g/mol. The third-order valence-corrected chi connectivity index (χ3v) is 4.02. The lowest BCUT2D eigenvalue weighted by Crippen LogP contribution is -2.42. The fourth-order valence-corrected chi connectivity index (χ4v) is 2.50. The highest BCUT2D eigenvalue weighted by Crippen LogP contribution is 2.19. The van der Waals surface area contributed by atoms with Crippen LogP contribution in [-0.2, 0) is 10.0 Å². The van der Waals surface area contributed by atoms with Crippen molar-refractivity contribution in [2.75, 3.05) is 12.4 Å². The van der Waals surface area contributed by atoms with Gasteiger partial charge in [0.25, 0.3) is 0 Å². The zero-order valence-corrected chi connectivity index (χ0v) is 10.9. The summed E-state index contributed by atoms with van der Waals surface area (Å²) in [5, 5.41) is 8.56. The van der Waals surface area contributed by atoms with E-state index in [0.29, 0.717) is 12.8 Å². The predicted molar refractivity (Wildman–Crippen MR) is 62.2 cm³/mol. The van der Waals surface area contributed by atoms with Crippen molar-refractivity contribution < 1.29 is 13.5 Å². The normalized spacial score (nSPS) is 15.3. The van der Waals surface area contributed by atoms with Crippen molar-refractivity contribution in [1.29, 1.82) is 0 Å². The Hall–Kier alpha value is -0.130. The quantitative estimate of drug-likeness (QED) is 0.680. The fourth-order valence-electron chi connectivity index (χ4n) is 0.909. The number of aliphatic hydroxyl groups excluding tert-OH is 1. The monoisotopic (exact) mass is 237 g/mol.